The molecule has 1 fully saturated rings. The van der Waals surface area contributed by atoms with Crippen LogP contribution in [-0.2, 0) is 11.3 Å². The van der Waals surface area contributed by atoms with Crippen molar-refractivity contribution >= 4 is 18.3 Å². The summed E-state index contributed by atoms with van der Waals surface area (Å²) < 4.78 is 5.46. The number of benzene rings is 1. The number of halogens is 1. The van der Waals surface area contributed by atoms with Gasteiger partial charge in [0, 0.05) is 6.54 Å². The van der Waals surface area contributed by atoms with Crippen molar-refractivity contribution in [3.8, 4) is 5.75 Å². The van der Waals surface area contributed by atoms with Crippen molar-refractivity contribution in [3.63, 3.8) is 0 Å². The van der Waals surface area contributed by atoms with E-state index in [2.05, 4.69) is 10.6 Å². The molecule has 1 heterocycles. The number of piperidine rings is 1. The van der Waals surface area contributed by atoms with Gasteiger partial charge in [0.2, 0.25) is 5.91 Å². The summed E-state index contributed by atoms with van der Waals surface area (Å²) in [6.07, 6.45) is 3.16. The van der Waals surface area contributed by atoms with E-state index in [1.54, 1.807) is 0 Å². The molecule has 118 valence electrons. The molecule has 5 heteroatoms. The zero-order chi connectivity index (χ0) is 14.4. The van der Waals surface area contributed by atoms with Crippen molar-refractivity contribution in [1.82, 2.24) is 10.6 Å². The molecule has 0 aromatic heterocycles. The SMILES string of the molecule is CCOc1cccc(CNC(=O)C2(C)CCCCN2)c1.Cl. The molecule has 1 amide bonds. The third kappa shape index (κ3) is 4.90. The molecule has 1 aliphatic rings. The van der Waals surface area contributed by atoms with Gasteiger partial charge in [-0.05, 0) is 57.4 Å². The Bertz CT molecular complexity index is 459. The first-order valence-corrected chi connectivity index (χ1v) is 7.39. The van der Waals surface area contributed by atoms with Crippen molar-refractivity contribution in [2.75, 3.05) is 13.2 Å². The number of amides is 1. The maximum Gasteiger partial charge on any atom is 0.240 e. The second-order valence-electron chi connectivity index (χ2n) is 5.48. The van der Waals surface area contributed by atoms with Crippen LogP contribution in [0.1, 0.15) is 38.7 Å². The largest absolute Gasteiger partial charge is 0.494 e. The quantitative estimate of drug-likeness (QED) is 0.879. The van der Waals surface area contributed by atoms with Gasteiger partial charge in [-0.3, -0.25) is 4.79 Å². The average Bonchev–Trinajstić information content (AvgIpc) is 2.46. The maximum atomic E-state index is 12.3. The molecule has 1 unspecified atom stereocenters. The fraction of sp³-hybridized carbons (Fsp3) is 0.562. The third-order valence-electron chi connectivity index (χ3n) is 3.78. The number of rotatable bonds is 5. The van der Waals surface area contributed by atoms with E-state index in [0.717, 1.165) is 37.1 Å². The Labute approximate surface area is 133 Å². The second-order valence-corrected chi connectivity index (χ2v) is 5.48. The Morgan fingerprint density at radius 3 is 2.90 bits per heavy atom. The van der Waals surface area contributed by atoms with E-state index in [1.165, 1.54) is 0 Å². The summed E-state index contributed by atoms with van der Waals surface area (Å²) in [6, 6.07) is 7.85. The van der Waals surface area contributed by atoms with Crippen LogP contribution >= 0.6 is 12.4 Å². The van der Waals surface area contributed by atoms with Crippen molar-refractivity contribution in [2.45, 2.75) is 45.2 Å². The van der Waals surface area contributed by atoms with Crippen LogP contribution < -0.4 is 15.4 Å². The van der Waals surface area contributed by atoms with Crippen LogP contribution in [0.25, 0.3) is 0 Å². The van der Waals surface area contributed by atoms with Gasteiger partial charge in [-0.25, -0.2) is 0 Å². The molecular weight excluding hydrogens is 288 g/mol. The summed E-state index contributed by atoms with van der Waals surface area (Å²) in [4.78, 5) is 12.3. The predicted octanol–water partition coefficient (Wildman–Crippen LogP) is 2.66. The summed E-state index contributed by atoms with van der Waals surface area (Å²) >= 11 is 0. The first kappa shape index (κ1) is 17.8. The van der Waals surface area contributed by atoms with Crippen LogP contribution in [-0.4, -0.2) is 24.6 Å². The molecule has 0 aliphatic carbocycles. The molecule has 2 rings (SSSR count). The highest BCUT2D eigenvalue weighted by Crippen LogP contribution is 2.19. The van der Waals surface area contributed by atoms with Crippen LogP contribution in [0.3, 0.4) is 0 Å². The first-order chi connectivity index (χ1) is 9.64. The van der Waals surface area contributed by atoms with Gasteiger partial charge in [0.1, 0.15) is 5.75 Å². The summed E-state index contributed by atoms with van der Waals surface area (Å²) in [5, 5.41) is 6.35. The molecule has 21 heavy (non-hydrogen) atoms. The van der Waals surface area contributed by atoms with Gasteiger partial charge < -0.3 is 15.4 Å². The molecule has 0 saturated carbocycles. The van der Waals surface area contributed by atoms with E-state index in [1.807, 2.05) is 38.1 Å². The van der Waals surface area contributed by atoms with Gasteiger partial charge in [-0.15, -0.1) is 12.4 Å². The van der Waals surface area contributed by atoms with Crippen LogP contribution in [0.2, 0.25) is 0 Å². The highest BCUT2D eigenvalue weighted by atomic mass is 35.5. The topological polar surface area (TPSA) is 50.4 Å². The van der Waals surface area contributed by atoms with Gasteiger partial charge in [0.15, 0.2) is 0 Å². The minimum atomic E-state index is -0.421. The fourth-order valence-corrected chi connectivity index (χ4v) is 2.54. The Kier molecular flexibility index (Phi) is 6.99. The maximum absolute atomic E-state index is 12.3. The van der Waals surface area contributed by atoms with Crippen molar-refractivity contribution in [3.05, 3.63) is 29.8 Å². The van der Waals surface area contributed by atoms with Gasteiger partial charge in [0.05, 0.1) is 12.1 Å². The predicted molar refractivity (Wildman–Crippen MR) is 87.0 cm³/mol. The van der Waals surface area contributed by atoms with Crippen molar-refractivity contribution in [2.24, 2.45) is 0 Å². The summed E-state index contributed by atoms with van der Waals surface area (Å²) in [5.74, 6) is 0.931. The minimum absolute atomic E-state index is 0. The molecule has 0 spiro atoms. The lowest BCUT2D eigenvalue weighted by Crippen LogP contribution is -2.56. The molecule has 1 aromatic rings. The summed E-state index contributed by atoms with van der Waals surface area (Å²) in [6.45, 7) is 6.06. The molecular formula is C16H25ClN2O2. The second kappa shape index (κ2) is 8.25. The third-order valence-corrected chi connectivity index (χ3v) is 3.78. The lowest BCUT2D eigenvalue weighted by molar-refractivity contribution is -0.128. The normalized spacial score (nSPS) is 21.2. The summed E-state index contributed by atoms with van der Waals surface area (Å²) in [5.41, 5.74) is 0.638. The molecule has 4 nitrogen and oxygen atoms in total. The van der Waals surface area contributed by atoms with E-state index >= 15 is 0 Å². The van der Waals surface area contributed by atoms with Gasteiger partial charge >= 0.3 is 0 Å². The number of hydrogen-bond donors (Lipinski definition) is 2. The first-order valence-electron chi connectivity index (χ1n) is 7.39. The fourth-order valence-electron chi connectivity index (χ4n) is 2.54. The Morgan fingerprint density at radius 2 is 2.24 bits per heavy atom. The zero-order valence-corrected chi connectivity index (χ0v) is 13.6. The van der Waals surface area contributed by atoms with E-state index in [-0.39, 0.29) is 18.3 Å². The lowest BCUT2D eigenvalue weighted by atomic mass is 9.90. The van der Waals surface area contributed by atoms with Crippen LogP contribution in [0.4, 0.5) is 0 Å². The molecule has 0 radical (unpaired) electrons. The molecule has 1 aliphatic heterocycles. The molecule has 1 atom stereocenters. The van der Waals surface area contributed by atoms with Crippen LogP contribution in [0.15, 0.2) is 24.3 Å². The van der Waals surface area contributed by atoms with E-state index in [4.69, 9.17) is 4.74 Å². The van der Waals surface area contributed by atoms with Gasteiger partial charge in [-0.2, -0.15) is 0 Å². The molecule has 2 N–H and O–H groups in total. The van der Waals surface area contributed by atoms with Crippen molar-refractivity contribution < 1.29 is 9.53 Å². The van der Waals surface area contributed by atoms with E-state index < -0.39 is 5.54 Å². The van der Waals surface area contributed by atoms with Crippen molar-refractivity contribution in [1.29, 1.82) is 0 Å². The summed E-state index contributed by atoms with van der Waals surface area (Å²) in [7, 11) is 0. The Balaban J connectivity index is 0.00000220. The van der Waals surface area contributed by atoms with Crippen LogP contribution in [0, 0.1) is 0 Å². The minimum Gasteiger partial charge on any atom is -0.494 e. The molecule has 0 bridgehead atoms. The number of ether oxygens (including phenoxy) is 1. The Morgan fingerprint density at radius 1 is 1.43 bits per heavy atom. The standard InChI is InChI=1S/C16H24N2O2.ClH/c1-3-20-14-8-6-7-13(11-14)12-17-15(19)16(2)9-4-5-10-18-16;/h6-8,11,18H,3-5,9-10,12H2,1-2H3,(H,17,19);1H. The van der Waals surface area contributed by atoms with Crippen LogP contribution in [0.5, 0.6) is 5.75 Å². The smallest absolute Gasteiger partial charge is 0.240 e. The van der Waals surface area contributed by atoms with E-state index in [9.17, 15) is 4.79 Å². The lowest BCUT2D eigenvalue weighted by Gasteiger charge is -2.33. The zero-order valence-electron chi connectivity index (χ0n) is 12.8. The Hall–Kier alpha value is -1.26. The number of carbonyl (C=O) groups excluding carboxylic acids is 1. The molecule has 1 saturated heterocycles. The molecule has 1 aromatic carbocycles. The highest BCUT2D eigenvalue weighted by molar-refractivity contribution is 5.86. The average molecular weight is 313 g/mol. The number of carbonyl (C=O) groups is 1. The van der Waals surface area contributed by atoms with Gasteiger partial charge in [0.25, 0.3) is 0 Å². The van der Waals surface area contributed by atoms with E-state index in [0.29, 0.717) is 13.2 Å². The van der Waals surface area contributed by atoms with Gasteiger partial charge in [-0.1, -0.05) is 12.1 Å². The number of nitrogens with one attached hydrogen (secondary N) is 2. The highest BCUT2D eigenvalue weighted by Gasteiger charge is 2.33. The monoisotopic (exact) mass is 312 g/mol. The number of hydrogen-bond acceptors (Lipinski definition) is 3.